The zero-order valence-electron chi connectivity index (χ0n) is 13.6. The van der Waals surface area contributed by atoms with E-state index in [2.05, 4.69) is 10.1 Å². The summed E-state index contributed by atoms with van der Waals surface area (Å²) < 4.78 is 5.36. The molecular weight excluding hydrogens is 338 g/mol. The van der Waals surface area contributed by atoms with Gasteiger partial charge in [-0.3, -0.25) is 4.79 Å². The fraction of sp³-hybridized carbons (Fsp3) is 0.211. The Balaban J connectivity index is 1.55. The molecule has 0 N–H and O–H groups in total. The summed E-state index contributed by atoms with van der Waals surface area (Å²) in [6.45, 7) is 2.57. The Hall–Kier alpha value is -2.66. The molecule has 0 saturated carbocycles. The number of rotatable bonds is 3. The van der Waals surface area contributed by atoms with Gasteiger partial charge < -0.3 is 9.42 Å². The van der Waals surface area contributed by atoms with Crippen molar-refractivity contribution in [2.75, 3.05) is 11.4 Å². The van der Waals surface area contributed by atoms with Crippen LogP contribution in [0.3, 0.4) is 0 Å². The molecule has 0 unspecified atom stereocenters. The summed E-state index contributed by atoms with van der Waals surface area (Å²) in [5.41, 5.74) is 2.83. The van der Waals surface area contributed by atoms with Gasteiger partial charge in [-0.2, -0.15) is 4.98 Å². The van der Waals surface area contributed by atoms with Gasteiger partial charge in [-0.05, 0) is 37.3 Å². The third-order valence-corrected chi connectivity index (χ3v) is 4.58. The van der Waals surface area contributed by atoms with E-state index in [1.807, 2.05) is 43.3 Å². The summed E-state index contributed by atoms with van der Waals surface area (Å²) in [5, 5.41) is 4.68. The average molecular weight is 354 g/mol. The summed E-state index contributed by atoms with van der Waals surface area (Å²) in [4.78, 5) is 18.6. The molecule has 2 heterocycles. The molecule has 25 heavy (non-hydrogen) atoms. The molecule has 1 saturated heterocycles. The van der Waals surface area contributed by atoms with Crippen LogP contribution in [0.5, 0.6) is 0 Å². The monoisotopic (exact) mass is 353 g/mol. The Morgan fingerprint density at radius 2 is 2.00 bits per heavy atom. The van der Waals surface area contributed by atoms with Crippen LogP contribution in [-0.4, -0.2) is 22.6 Å². The maximum absolute atomic E-state index is 12.4. The lowest BCUT2D eigenvalue weighted by Gasteiger charge is -2.16. The van der Waals surface area contributed by atoms with E-state index in [1.54, 1.807) is 17.0 Å². The van der Waals surface area contributed by atoms with Crippen LogP contribution in [0.15, 0.2) is 53.1 Å². The zero-order valence-corrected chi connectivity index (χ0v) is 14.4. The Labute approximate surface area is 150 Å². The van der Waals surface area contributed by atoms with Gasteiger partial charge in [0, 0.05) is 35.2 Å². The second kappa shape index (κ2) is 6.33. The summed E-state index contributed by atoms with van der Waals surface area (Å²) in [5.74, 6) is 0.963. The number of hydrogen-bond acceptors (Lipinski definition) is 4. The van der Waals surface area contributed by atoms with Crippen LogP contribution in [0.2, 0.25) is 5.02 Å². The molecule has 1 aliphatic heterocycles. The Morgan fingerprint density at radius 1 is 1.20 bits per heavy atom. The van der Waals surface area contributed by atoms with E-state index in [9.17, 15) is 4.79 Å². The molecule has 5 nitrogen and oxygen atoms in total. The molecule has 2 aromatic carbocycles. The lowest BCUT2D eigenvalue weighted by atomic mass is 10.1. The van der Waals surface area contributed by atoms with Crippen molar-refractivity contribution in [3.63, 3.8) is 0 Å². The topological polar surface area (TPSA) is 59.2 Å². The highest BCUT2D eigenvalue weighted by atomic mass is 35.5. The first-order valence-electron chi connectivity index (χ1n) is 8.07. The third-order valence-electron chi connectivity index (χ3n) is 4.35. The van der Waals surface area contributed by atoms with Crippen LogP contribution < -0.4 is 4.90 Å². The second-order valence-corrected chi connectivity index (χ2v) is 6.65. The molecule has 1 aromatic heterocycles. The Bertz CT molecular complexity index is 920. The first-order valence-corrected chi connectivity index (χ1v) is 8.44. The van der Waals surface area contributed by atoms with Crippen LogP contribution in [-0.2, 0) is 4.79 Å². The van der Waals surface area contributed by atoms with Crippen molar-refractivity contribution in [1.82, 2.24) is 10.1 Å². The zero-order chi connectivity index (χ0) is 17.4. The van der Waals surface area contributed by atoms with Crippen molar-refractivity contribution in [2.45, 2.75) is 19.3 Å². The lowest BCUT2D eigenvalue weighted by molar-refractivity contribution is -0.117. The van der Waals surface area contributed by atoms with Crippen LogP contribution in [0.1, 0.15) is 23.7 Å². The number of aryl methyl sites for hydroxylation is 1. The van der Waals surface area contributed by atoms with Gasteiger partial charge in [-0.1, -0.05) is 40.5 Å². The molecule has 0 spiro atoms. The third kappa shape index (κ3) is 3.15. The number of nitrogens with zero attached hydrogens (tertiary/aromatic N) is 3. The number of aromatic nitrogens is 2. The average Bonchev–Trinajstić information content (AvgIpc) is 3.23. The minimum absolute atomic E-state index is 0.0722. The number of halogens is 1. The maximum atomic E-state index is 12.4. The van der Waals surface area contributed by atoms with Gasteiger partial charge in [0.2, 0.25) is 5.91 Å². The second-order valence-electron chi connectivity index (χ2n) is 6.21. The van der Waals surface area contributed by atoms with Gasteiger partial charge in [0.15, 0.2) is 5.82 Å². The molecule has 1 fully saturated rings. The first-order chi connectivity index (χ1) is 12.1. The smallest absolute Gasteiger partial charge is 0.257 e. The van der Waals surface area contributed by atoms with Crippen LogP contribution in [0, 0.1) is 6.92 Å². The number of carbonyl (C=O) groups is 1. The van der Waals surface area contributed by atoms with Crippen LogP contribution in [0.4, 0.5) is 5.69 Å². The van der Waals surface area contributed by atoms with Gasteiger partial charge in [-0.15, -0.1) is 0 Å². The van der Waals surface area contributed by atoms with E-state index < -0.39 is 0 Å². The summed E-state index contributed by atoms with van der Waals surface area (Å²) in [6, 6.07) is 15.2. The molecule has 1 atom stereocenters. The van der Waals surface area contributed by atoms with Gasteiger partial charge in [0.25, 0.3) is 5.89 Å². The van der Waals surface area contributed by atoms with E-state index in [4.69, 9.17) is 16.1 Å². The van der Waals surface area contributed by atoms with Crippen molar-refractivity contribution in [3.05, 3.63) is 64.9 Å². The molecule has 1 amide bonds. The van der Waals surface area contributed by atoms with E-state index >= 15 is 0 Å². The highest BCUT2D eigenvalue weighted by molar-refractivity contribution is 6.30. The molecule has 0 radical (unpaired) electrons. The van der Waals surface area contributed by atoms with Gasteiger partial charge >= 0.3 is 0 Å². The Morgan fingerprint density at radius 3 is 2.76 bits per heavy atom. The summed E-state index contributed by atoms with van der Waals surface area (Å²) >= 11 is 6.00. The van der Waals surface area contributed by atoms with Crippen molar-refractivity contribution in [2.24, 2.45) is 0 Å². The van der Waals surface area contributed by atoms with Crippen LogP contribution >= 0.6 is 11.6 Å². The van der Waals surface area contributed by atoms with Gasteiger partial charge in [0.1, 0.15) is 0 Å². The van der Waals surface area contributed by atoms with E-state index in [0.717, 1.165) is 16.8 Å². The molecule has 4 rings (SSSR count). The number of anilines is 1. The molecule has 1 aliphatic rings. The fourth-order valence-corrected chi connectivity index (χ4v) is 3.18. The lowest BCUT2D eigenvalue weighted by Crippen LogP contribution is -2.24. The van der Waals surface area contributed by atoms with Gasteiger partial charge in [-0.25, -0.2) is 0 Å². The van der Waals surface area contributed by atoms with Crippen molar-refractivity contribution in [3.8, 4) is 11.5 Å². The first kappa shape index (κ1) is 15.8. The van der Waals surface area contributed by atoms with E-state index in [0.29, 0.717) is 29.7 Å². The van der Waals surface area contributed by atoms with Crippen molar-refractivity contribution < 1.29 is 9.32 Å². The van der Waals surface area contributed by atoms with E-state index in [-0.39, 0.29) is 11.8 Å². The normalized spacial score (nSPS) is 17.3. The predicted molar refractivity (Wildman–Crippen MR) is 95.6 cm³/mol. The predicted octanol–water partition coefficient (Wildman–Crippen LogP) is 4.22. The summed E-state index contributed by atoms with van der Waals surface area (Å²) in [6.07, 6.45) is 0.377. The van der Waals surface area contributed by atoms with Crippen molar-refractivity contribution in [1.29, 1.82) is 0 Å². The SMILES string of the molecule is Cc1ccc(N2C[C@H](c3noc(-c4cccc(Cl)c4)n3)CC2=O)cc1. The number of amides is 1. The molecule has 0 bridgehead atoms. The minimum atomic E-state index is -0.0783. The fourth-order valence-electron chi connectivity index (χ4n) is 2.99. The quantitative estimate of drug-likeness (QED) is 0.707. The number of carbonyl (C=O) groups excluding carboxylic acids is 1. The van der Waals surface area contributed by atoms with Gasteiger partial charge in [0.05, 0.1) is 0 Å². The largest absolute Gasteiger partial charge is 0.334 e. The number of hydrogen-bond donors (Lipinski definition) is 0. The van der Waals surface area contributed by atoms with Crippen molar-refractivity contribution >= 4 is 23.2 Å². The molecule has 126 valence electrons. The molecule has 6 heteroatoms. The highest BCUT2D eigenvalue weighted by Gasteiger charge is 2.34. The molecular formula is C19H16ClN3O2. The van der Waals surface area contributed by atoms with E-state index in [1.165, 1.54) is 0 Å². The molecule has 3 aromatic rings. The number of benzene rings is 2. The summed E-state index contributed by atoms with van der Waals surface area (Å²) in [7, 11) is 0. The van der Waals surface area contributed by atoms with Crippen LogP contribution in [0.25, 0.3) is 11.5 Å². The highest BCUT2D eigenvalue weighted by Crippen LogP contribution is 2.31. The molecule has 0 aliphatic carbocycles. The standard InChI is InChI=1S/C19H16ClN3O2/c1-12-5-7-16(8-6-12)23-11-14(10-17(23)24)18-21-19(25-22-18)13-3-2-4-15(20)9-13/h2-9,14H,10-11H2,1H3/t14-/m1/s1. The Kier molecular flexibility index (Phi) is 4.01. The minimum Gasteiger partial charge on any atom is -0.334 e. The maximum Gasteiger partial charge on any atom is 0.257 e.